The van der Waals surface area contributed by atoms with Gasteiger partial charge in [0.25, 0.3) is 0 Å². The summed E-state index contributed by atoms with van der Waals surface area (Å²) in [6.07, 6.45) is 0. The first-order chi connectivity index (χ1) is 11.7. The number of rotatable bonds is 4. The number of nitrogens with zero attached hydrogens (tertiary/aromatic N) is 1. The van der Waals surface area contributed by atoms with Crippen molar-refractivity contribution >= 4 is 39.4 Å². The Balaban J connectivity index is 1.57. The first-order valence-corrected chi connectivity index (χ1v) is 8.52. The number of fused-ring (bicyclic) bond motifs is 2. The first kappa shape index (κ1) is 14.8. The van der Waals surface area contributed by atoms with Gasteiger partial charge in [-0.05, 0) is 23.6 Å². The number of carbonyl (C=O) groups is 1. The molecule has 4 aromatic rings. The summed E-state index contributed by atoms with van der Waals surface area (Å²) in [5, 5.41) is 12.7. The molecule has 3 aromatic carbocycles. The highest BCUT2D eigenvalue weighted by Gasteiger charge is 2.15. The van der Waals surface area contributed by atoms with Crippen LogP contribution in [0.2, 0.25) is 0 Å². The highest BCUT2D eigenvalue weighted by Crippen LogP contribution is 2.30. The van der Waals surface area contributed by atoms with E-state index in [1.807, 2.05) is 54.6 Å². The minimum atomic E-state index is -0.122. The standard InChI is InChI=1S/C19H14N2O2S/c22-17(11-24-19-20-15-7-3-4-8-16(15)21-19)14-10-9-12-5-1-2-6-13(12)18(14)23/h1-10,23H,11H2,(H,20,21). The minimum absolute atomic E-state index is 0.0447. The van der Waals surface area contributed by atoms with Gasteiger partial charge in [-0.2, -0.15) is 0 Å². The van der Waals surface area contributed by atoms with E-state index in [9.17, 15) is 9.90 Å². The van der Waals surface area contributed by atoms with Crippen molar-refractivity contribution < 1.29 is 9.90 Å². The molecule has 0 atom stereocenters. The van der Waals surface area contributed by atoms with Gasteiger partial charge in [-0.3, -0.25) is 4.79 Å². The number of thioether (sulfide) groups is 1. The van der Waals surface area contributed by atoms with Crippen LogP contribution < -0.4 is 0 Å². The van der Waals surface area contributed by atoms with E-state index >= 15 is 0 Å². The number of carbonyl (C=O) groups excluding carboxylic acids is 1. The van der Waals surface area contributed by atoms with E-state index in [2.05, 4.69) is 9.97 Å². The molecule has 0 saturated heterocycles. The summed E-state index contributed by atoms with van der Waals surface area (Å²) in [5.74, 6) is 0.137. The molecule has 4 nitrogen and oxygen atoms in total. The number of imidazole rings is 1. The number of H-pyrrole nitrogens is 1. The summed E-state index contributed by atoms with van der Waals surface area (Å²) in [6.45, 7) is 0. The molecule has 24 heavy (non-hydrogen) atoms. The average Bonchev–Trinajstić information content (AvgIpc) is 3.03. The second kappa shape index (κ2) is 6.02. The van der Waals surface area contributed by atoms with Crippen LogP contribution in [0.4, 0.5) is 0 Å². The smallest absolute Gasteiger partial charge is 0.176 e. The molecular formula is C19H14N2O2S. The van der Waals surface area contributed by atoms with Crippen LogP contribution in [-0.2, 0) is 0 Å². The van der Waals surface area contributed by atoms with Crippen molar-refractivity contribution in [2.75, 3.05) is 5.75 Å². The largest absolute Gasteiger partial charge is 0.507 e. The Kier molecular flexibility index (Phi) is 3.70. The van der Waals surface area contributed by atoms with Gasteiger partial charge in [0.2, 0.25) is 0 Å². The fraction of sp³-hybridized carbons (Fsp3) is 0.0526. The Morgan fingerprint density at radius 2 is 1.83 bits per heavy atom. The summed E-state index contributed by atoms with van der Waals surface area (Å²) in [5.41, 5.74) is 2.17. The second-order valence-electron chi connectivity index (χ2n) is 5.45. The number of nitrogens with one attached hydrogen (secondary N) is 1. The normalized spacial score (nSPS) is 11.2. The lowest BCUT2D eigenvalue weighted by molar-refractivity contribution is 0.102. The fourth-order valence-electron chi connectivity index (χ4n) is 2.69. The Bertz CT molecular complexity index is 1020. The van der Waals surface area contributed by atoms with Gasteiger partial charge in [0.15, 0.2) is 10.9 Å². The zero-order valence-corrected chi connectivity index (χ0v) is 13.5. The monoisotopic (exact) mass is 334 g/mol. The quantitative estimate of drug-likeness (QED) is 0.429. The third-order valence-corrected chi connectivity index (χ3v) is 4.78. The van der Waals surface area contributed by atoms with Crippen molar-refractivity contribution in [1.29, 1.82) is 0 Å². The number of phenols is 1. The van der Waals surface area contributed by atoms with E-state index in [1.165, 1.54) is 11.8 Å². The fourth-order valence-corrected chi connectivity index (χ4v) is 3.46. The zero-order valence-electron chi connectivity index (χ0n) is 12.7. The molecule has 0 radical (unpaired) electrons. The van der Waals surface area contributed by atoms with Gasteiger partial charge in [0.05, 0.1) is 22.3 Å². The Morgan fingerprint density at radius 1 is 1.04 bits per heavy atom. The molecule has 118 valence electrons. The van der Waals surface area contributed by atoms with Gasteiger partial charge in [0, 0.05) is 5.39 Å². The number of hydrogen-bond acceptors (Lipinski definition) is 4. The third kappa shape index (κ3) is 2.63. The van der Waals surface area contributed by atoms with Crippen molar-refractivity contribution in [3.8, 4) is 5.75 Å². The molecule has 0 bridgehead atoms. The molecule has 0 unspecified atom stereocenters. The minimum Gasteiger partial charge on any atom is -0.507 e. The Labute approximate surface area is 142 Å². The SMILES string of the molecule is O=C(CSc1nc2ccccc2[nH]1)c1ccc2ccccc2c1O. The van der Waals surface area contributed by atoms with Crippen LogP contribution in [0.1, 0.15) is 10.4 Å². The van der Waals surface area contributed by atoms with Crippen LogP contribution in [0.5, 0.6) is 5.75 Å². The summed E-state index contributed by atoms with van der Waals surface area (Å²) >= 11 is 1.34. The maximum absolute atomic E-state index is 12.5. The molecule has 5 heteroatoms. The van der Waals surface area contributed by atoms with E-state index < -0.39 is 0 Å². The predicted molar refractivity (Wildman–Crippen MR) is 96.8 cm³/mol. The molecule has 4 rings (SSSR count). The molecule has 0 aliphatic heterocycles. The van der Waals surface area contributed by atoms with Gasteiger partial charge < -0.3 is 10.1 Å². The van der Waals surface area contributed by atoms with Crippen LogP contribution in [0.15, 0.2) is 65.8 Å². The number of aromatic hydroxyl groups is 1. The highest BCUT2D eigenvalue weighted by atomic mass is 32.2. The van der Waals surface area contributed by atoms with Gasteiger partial charge >= 0.3 is 0 Å². The van der Waals surface area contributed by atoms with Crippen molar-refractivity contribution in [3.05, 3.63) is 66.2 Å². The molecule has 2 N–H and O–H groups in total. The van der Waals surface area contributed by atoms with E-state index in [1.54, 1.807) is 6.07 Å². The molecule has 0 aliphatic rings. The van der Waals surface area contributed by atoms with Crippen LogP contribution in [0.25, 0.3) is 21.8 Å². The second-order valence-corrected chi connectivity index (χ2v) is 6.42. The lowest BCUT2D eigenvalue weighted by Crippen LogP contribution is -2.03. The third-order valence-electron chi connectivity index (χ3n) is 3.91. The van der Waals surface area contributed by atoms with Crippen molar-refractivity contribution in [2.45, 2.75) is 5.16 Å². The lowest BCUT2D eigenvalue weighted by atomic mass is 10.0. The molecule has 0 spiro atoms. The van der Waals surface area contributed by atoms with E-state index in [-0.39, 0.29) is 17.3 Å². The number of ketones is 1. The zero-order chi connectivity index (χ0) is 16.5. The van der Waals surface area contributed by atoms with Crippen molar-refractivity contribution in [1.82, 2.24) is 9.97 Å². The molecular weight excluding hydrogens is 320 g/mol. The highest BCUT2D eigenvalue weighted by molar-refractivity contribution is 7.99. The maximum atomic E-state index is 12.5. The number of Topliss-reactive ketones (excluding diaryl/α,β-unsaturated/α-hetero) is 1. The van der Waals surface area contributed by atoms with Gasteiger partial charge in [-0.1, -0.05) is 54.2 Å². The number of para-hydroxylation sites is 2. The molecule has 0 amide bonds. The van der Waals surface area contributed by atoms with Crippen LogP contribution >= 0.6 is 11.8 Å². The van der Waals surface area contributed by atoms with E-state index in [0.29, 0.717) is 16.1 Å². The van der Waals surface area contributed by atoms with Crippen molar-refractivity contribution in [2.24, 2.45) is 0 Å². The van der Waals surface area contributed by atoms with Gasteiger partial charge in [-0.25, -0.2) is 4.98 Å². The molecule has 0 aliphatic carbocycles. The number of hydrogen-bond donors (Lipinski definition) is 2. The van der Waals surface area contributed by atoms with Crippen LogP contribution in [0.3, 0.4) is 0 Å². The summed E-state index contributed by atoms with van der Waals surface area (Å²) in [4.78, 5) is 20.1. The summed E-state index contributed by atoms with van der Waals surface area (Å²) in [6, 6.07) is 18.7. The molecule has 1 aromatic heterocycles. The predicted octanol–water partition coefficient (Wildman–Crippen LogP) is 4.40. The van der Waals surface area contributed by atoms with Crippen LogP contribution in [0, 0.1) is 0 Å². The van der Waals surface area contributed by atoms with E-state index in [4.69, 9.17) is 0 Å². The van der Waals surface area contributed by atoms with Crippen LogP contribution in [-0.4, -0.2) is 26.6 Å². The number of aromatic amines is 1. The van der Waals surface area contributed by atoms with Crippen molar-refractivity contribution in [3.63, 3.8) is 0 Å². The number of phenolic OH excluding ortho intramolecular Hbond substituents is 1. The number of benzene rings is 3. The van der Waals surface area contributed by atoms with Gasteiger partial charge in [-0.15, -0.1) is 0 Å². The molecule has 0 saturated carbocycles. The summed E-state index contributed by atoms with van der Waals surface area (Å²) < 4.78 is 0. The maximum Gasteiger partial charge on any atom is 0.176 e. The lowest BCUT2D eigenvalue weighted by Gasteiger charge is -2.06. The summed E-state index contributed by atoms with van der Waals surface area (Å²) in [7, 11) is 0. The first-order valence-electron chi connectivity index (χ1n) is 7.54. The average molecular weight is 334 g/mol. The van der Waals surface area contributed by atoms with E-state index in [0.717, 1.165) is 16.4 Å². The molecule has 1 heterocycles. The Hall–Kier alpha value is -2.79. The number of aromatic nitrogens is 2. The topological polar surface area (TPSA) is 66.0 Å². The van der Waals surface area contributed by atoms with Gasteiger partial charge in [0.1, 0.15) is 5.75 Å². The molecule has 0 fully saturated rings. The Morgan fingerprint density at radius 3 is 2.71 bits per heavy atom.